The monoisotopic (exact) mass is 442 g/mol. The Kier molecular flexibility index (Phi) is 6.31. The highest BCUT2D eigenvalue weighted by atomic mass is 79.9. The number of carbonyl (C=O) groups excluding carboxylic acids is 2. The number of anilines is 1. The Morgan fingerprint density at radius 1 is 1.04 bits per heavy atom. The van der Waals surface area contributed by atoms with E-state index in [-0.39, 0.29) is 11.8 Å². The third-order valence-electron chi connectivity index (χ3n) is 4.79. The summed E-state index contributed by atoms with van der Waals surface area (Å²) in [5.74, 6) is -0.587. The van der Waals surface area contributed by atoms with Crippen molar-refractivity contribution in [3.8, 4) is 0 Å². The van der Waals surface area contributed by atoms with Gasteiger partial charge in [0.15, 0.2) is 0 Å². The first-order chi connectivity index (χ1) is 13.4. The maximum Gasteiger partial charge on any atom is 0.278 e. The lowest BCUT2D eigenvalue weighted by atomic mass is 9.99. The zero-order valence-corrected chi connectivity index (χ0v) is 17.8. The van der Waals surface area contributed by atoms with Gasteiger partial charge in [-0.2, -0.15) is 0 Å². The van der Waals surface area contributed by atoms with Crippen molar-refractivity contribution in [2.24, 2.45) is 0 Å². The van der Waals surface area contributed by atoms with Crippen molar-refractivity contribution in [3.05, 3.63) is 69.3 Å². The van der Waals surface area contributed by atoms with Crippen molar-refractivity contribution in [2.75, 3.05) is 25.6 Å². The molecule has 6 heteroatoms. The van der Waals surface area contributed by atoms with Gasteiger partial charge in [-0.25, -0.2) is 0 Å². The molecular weight excluding hydrogens is 420 g/mol. The number of nitrogens with one attached hydrogen (secondary N) is 1. The van der Waals surface area contributed by atoms with Crippen LogP contribution in [0.4, 0.5) is 5.69 Å². The fraction of sp³-hybridized carbons (Fsp3) is 0.273. The van der Waals surface area contributed by atoms with E-state index in [0.29, 0.717) is 30.8 Å². The molecule has 3 rings (SSSR count). The van der Waals surface area contributed by atoms with Crippen LogP contribution in [0.1, 0.15) is 23.1 Å². The van der Waals surface area contributed by atoms with Crippen molar-refractivity contribution in [1.82, 2.24) is 4.90 Å². The Morgan fingerprint density at radius 3 is 2.50 bits per heavy atom. The summed E-state index contributed by atoms with van der Waals surface area (Å²) in [5, 5.41) is 3.17. The summed E-state index contributed by atoms with van der Waals surface area (Å²) < 4.78 is 5.95. The summed E-state index contributed by atoms with van der Waals surface area (Å²) >= 11 is 3.44. The van der Waals surface area contributed by atoms with Gasteiger partial charge in [0.1, 0.15) is 5.70 Å². The Labute approximate surface area is 173 Å². The van der Waals surface area contributed by atoms with E-state index in [1.165, 1.54) is 4.90 Å². The van der Waals surface area contributed by atoms with Crippen molar-refractivity contribution in [1.29, 1.82) is 0 Å². The molecule has 0 spiro atoms. The lowest BCUT2D eigenvalue weighted by molar-refractivity contribution is -0.136. The number of carbonyl (C=O) groups is 2. The van der Waals surface area contributed by atoms with Gasteiger partial charge in [0.25, 0.3) is 11.8 Å². The van der Waals surface area contributed by atoms with E-state index < -0.39 is 0 Å². The molecular formula is C22H23BrN2O3. The van der Waals surface area contributed by atoms with Crippen molar-refractivity contribution >= 4 is 39.0 Å². The lowest BCUT2D eigenvalue weighted by Gasteiger charge is -2.15. The van der Waals surface area contributed by atoms with E-state index in [2.05, 4.69) is 21.2 Å². The molecule has 0 fully saturated rings. The van der Waals surface area contributed by atoms with Gasteiger partial charge in [-0.05, 0) is 55.2 Å². The van der Waals surface area contributed by atoms with Crippen LogP contribution in [0.2, 0.25) is 0 Å². The number of aryl methyl sites for hydroxylation is 2. The minimum atomic E-state index is -0.311. The van der Waals surface area contributed by atoms with Crippen molar-refractivity contribution in [2.45, 2.75) is 20.3 Å². The van der Waals surface area contributed by atoms with Gasteiger partial charge < -0.3 is 10.1 Å². The predicted octanol–water partition coefficient (Wildman–Crippen LogP) is 4.29. The lowest BCUT2D eigenvalue weighted by Crippen LogP contribution is -2.33. The van der Waals surface area contributed by atoms with Gasteiger partial charge in [-0.15, -0.1) is 0 Å². The normalized spacial score (nSPS) is 14.2. The van der Waals surface area contributed by atoms with Crippen LogP contribution < -0.4 is 5.32 Å². The number of ether oxygens (including phenoxy) is 1. The minimum Gasteiger partial charge on any atom is -0.385 e. The molecule has 1 N–H and O–H groups in total. The van der Waals surface area contributed by atoms with Crippen LogP contribution in [0.25, 0.3) is 5.57 Å². The maximum absolute atomic E-state index is 13.1. The van der Waals surface area contributed by atoms with E-state index in [1.54, 1.807) is 7.11 Å². The molecule has 1 aliphatic rings. The molecule has 5 nitrogen and oxygen atoms in total. The molecule has 0 atom stereocenters. The molecule has 2 aromatic rings. The average Bonchev–Trinajstić information content (AvgIpc) is 2.88. The van der Waals surface area contributed by atoms with Crippen molar-refractivity contribution < 1.29 is 14.3 Å². The fourth-order valence-electron chi connectivity index (χ4n) is 3.14. The Morgan fingerprint density at radius 2 is 1.82 bits per heavy atom. The second-order valence-electron chi connectivity index (χ2n) is 6.79. The second kappa shape index (κ2) is 8.71. The topological polar surface area (TPSA) is 58.6 Å². The van der Waals surface area contributed by atoms with Crippen LogP contribution >= 0.6 is 15.9 Å². The highest BCUT2D eigenvalue weighted by Crippen LogP contribution is 2.32. The SMILES string of the molecule is COCCCN1C(=O)C(Nc2cccc(Br)c2)=C(c2ccc(C)c(C)c2)C1=O. The molecule has 1 aliphatic heterocycles. The summed E-state index contributed by atoms with van der Waals surface area (Å²) in [6, 6.07) is 13.3. The summed E-state index contributed by atoms with van der Waals surface area (Å²) in [6.07, 6.45) is 0.596. The van der Waals surface area contributed by atoms with E-state index >= 15 is 0 Å². The van der Waals surface area contributed by atoms with Crippen LogP contribution in [-0.2, 0) is 14.3 Å². The van der Waals surface area contributed by atoms with Crippen LogP contribution in [-0.4, -0.2) is 37.0 Å². The van der Waals surface area contributed by atoms with Crippen LogP contribution in [0.5, 0.6) is 0 Å². The first-order valence-electron chi connectivity index (χ1n) is 9.12. The van der Waals surface area contributed by atoms with Crippen molar-refractivity contribution in [3.63, 3.8) is 0 Å². The average molecular weight is 443 g/mol. The first-order valence-corrected chi connectivity index (χ1v) is 9.91. The molecule has 0 saturated heterocycles. The Hall–Kier alpha value is -2.44. The number of halogens is 1. The summed E-state index contributed by atoms with van der Waals surface area (Å²) in [6.45, 7) is 4.83. The minimum absolute atomic E-state index is 0.276. The maximum atomic E-state index is 13.1. The molecule has 0 aliphatic carbocycles. The number of methoxy groups -OCH3 is 1. The fourth-order valence-corrected chi connectivity index (χ4v) is 3.54. The second-order valence-corrected chi connectivity index (χ2v) is 7.71. The molecule has 0 unspecified atom stereocenters. The molecule has 28 heavy (non-hydrogen) atoms. The molecule has 0 bridgehead atoms. The summed E-state index contributed by atoms with van der Waals surface area (Å²) in [5.41, 5.74) is 4.41. The zero-order valence-electron chi connectivity index (χ0n) is 16.2. The number of nitrogens with zero attached hydrogens (tertiary/aromatic N) is 1. The molecule has 0 radical (unpaired) electrons. The number of benzene rings is 2. The van der Waals surface area contributed by atoms with Gasteiger partial charge >= 0.3 is 0 Å². The molecule has 2 aromatic carbocycles. The smallest absolute Gasteiger partial charge is 0.278 e. The summed E-state index contributed by atoms with van der Waals surface area (Å²) in [4.78, 5) is 27.5. The van der Waals surface area contributed by atoms with Gasteiger partial charge in [0, 0.05) is 30.4 Å². The quantitative estimate of drug-likeness (QED) is 0.512. The number of hydrogen-bond acceptors (Lipinski definition) is 4. The predicted molar refractivity (Wildman–Crippen MR) is 114 cm³/mol. The van der Waals surface area contributed by atoms with E-state index in [9.17, 15) is 9.59 Å². The number of amides is 2. The standard InChI is InChI=1S/C22H23BrN2O3/c1-14-8-9-16(12-15(14)2)19-20(24-18-7-4-6-17(23)13-18)22(27)25(21(19)26)10-5-11-28-3/h4,6-9,12-13,24H,5,10-11H2,1-3H3. The molecule has 1 heterocycles. The number of hydrogen-bond donors (Lipinski definition) is 1. The highest BCUT2D eigenvalue weighted by Gasteiger charge is 2.38. The van der Waals surface area contributed by atoms with Gasteiger partial charge in [-0.3, -0.25) is 14.5 Å². The Balaban J connectivity index is 2.03. The van der Waals surface area contributed by atoms with E-state index in [0.717, 1.165) is 26.9 Å². The number of rotatable bonds is 7. The van der Waals surface area contributed by atoms with Gasteiger partial charge in [-0.1, -0.05) is 40.2 Å². The van der Waals surface area contributed by atoms with E-state index in [4.69, 9.17) is 4.74 Å². The third-order valence-corrected chi connectivity index (χ3v) is 5.28. The highest BCUT2D eigenvalue weighted by molar-refractivity contribution is 9.10. The number of imide groups is 1. The zero-order chi connectivity index (χ0) is 20.3. The van der Waals surface area contributed by atoms with Crippen LogP contribution in [0, 0.1) is 13.8 Å². The van der Waals surface area contributed by atoms with Crippen LogP contribution in [0.15, 0.2) is 52.6 Å². The molecule has 0 aromatic heterocycles. The van der Waals surface area contributed by atoms with Gasteiger partial charge in [0.2, 0.25) is 0 Å². The van der Waals surface area contributed by atoms with Gasteiger partial charge in [0.05, 0.1) is 5.57 Å². The molecule has 2 amide bonds. The largest absolute Gasteiger partial charge is 0.385 e. The first kappa shape index (κ1) is 20.3. The van der Waals surface area contributed by atoms with Crippen LogP contribution in [0.3, 0.4) is 0 Å². The van der Waals surface area contributed by atoms with E-state index in [1.807, 2.05) is 56.3 Å². The summed E-state index contributed by atoms with van der Waals surface area (Å²) in [7, 11) is 1.60. The molecule has 0 saturated carbocycles. The third kappa shape index (κ3) is 4.18. The Bertz CT molecular complexity index is 953. The molecule has 146 valence electrons.